The van der Waals surface area contributed by atoms with Crippen LogP contribution in [0.1, 0.15) is 19.8 Å². The van der Waals surface area contributed by atoms with Crippen LogP contribution in [-0.4, -0.2) is 47.2 Å². The standard InChI is InChI=1S/C13H24N4/c1-12-10-16(8-4-13(12)14-2)6-3-7-17-9-5-15-11-17/h5,9,11-14H,3-4,6-8,10H2,1-2H3. The predicted octanol–water partition coefficient (Wildman–Crippen LogP) is 1.20. The van der Waals surface area contributed by atoms with Gasteiger partial charge in [-0.25, -0.2) is 4.98 Å². The molecule has 0 spiro atoms. The first kappa shape index (κ1) is 12.6. The molecule has 0 radical (unpaired) electrons. The molecule has 4 nitrogen and oxygen atoms in total. The number of nitrogens with one attached hydrogen (secondary N) is 1. The molecular weight excluding hydrogens is 212 g/mol. The molecule has 0 bridgehead atoms. The number of nitrogens with zero attached hydrogens (tertiary/aromatic N) is 3. The molecule has 1 saturated heterocycles. The molecule has 0 aromatic carbocycles. The van der Waals surface area contributed by atoms with Gasteiger partial charge in [-0.15, -0.1) is 0 Å². The van der Waals surface area contributed by atoms with Gasteiger partial charge < -0.3 is 14.8 Å². The summed E-state index contributed by atoms with van der Waals surface area (Å²) in [7, 11) is 2.08. The fraction of sp³-hybridized carbons (Fsp3) is 0.769. The van der Waals surface area contributed by atoms with Gasteiger partial charge in [-0.05, 0) is 38.9 Å². The molecule has 1 aliphatic heterocycles. The first-order valence-corrected chi connectivity index (χ1v) is 6.65. The van der Waals surface area contributed by atoms with E-state index >= 15 is 0 Å². The molecule has 2 rings (SSSR count). The van der Waals surface area contributed by atoms with Crippen molar-refractivity contribution in [1.29, 1.82) is 0 Å². The van der Waals surface area contributed by atoms with Crippen LogP contribution >= 0.6 is 0 Å². The Hall–Kier alpha value is -0.870. The lowest BCUT2D eigenvalue weighted by atomic mass is 9.94. The molecule has 2 atom stereocenters. The second kappa shape index (κ2) is 6.17. The van der Waals surface area contributed by atoms with Crippen LogP contribution < -0.4 is 5.32 Å². The van der Waals surface area contributed by atoms with E-state index in [-0.39, 0.29) is 0 Å². The highest BCUT2D eigenvalue weighted by atomic mass is 15.1. The van der Waals surface area contributed by atoms with Crippen LogP contribution in [0.3, 0.4) is 0 Å². The largest absolute Gasteiger partial charge is 0.337 e. The summed E-state index contributed by atoms with van der Waals surface area (Å²) in [6.07, 6.45) is 8.28. The number of aromatic nitrogens is 2. The summed E-state index contributed by atoms with van der Waals surface area (Å²) >= 11 is 0. The summed E-state index contributed by atoms with van der Waals surface area (Å²) in [5.74, 6) is 0.766. The second-order valence-electron chi connectivity index (χ2n) is 5.12. The smallest absolute Gasteiger partial charge is 0.0945 e. The molecule has 0 aliphatic carbocycles. The lowest BCUT2D eigenvalue weighted by Crippen LogP contribution is -2.47. The number of aryl methyl sites for hydroxylation is 1. The van der Waals surface area contributed by atoms with Crippen molar-refractivity contribution < 1.29 is 0 Å². The summed E-state index contributed by atoms with van der Waals surface area (Å²) in [6.45, 7) is 7.11. The number of likely N-dealkylation sites (tertiary alicyclic amines) is 1. The molecule has 4 heteroatoms. The Bertz CT molecular complexity index is 309. The van der Waals surface area contributed by atoms with Crippen LogP contribution in [0.15, 0.2) is 18.7 Å². The third-order valence-corrected chi connectivity index (χ3v) is 3.81. The van der Waals surface area contributed by atoms with Crippen molar-refractivity contribution in [2.75, 3.05) is 26.7 Å². The van der Waals surface area contributed by atoms with Crippen molar-refractivity contribution in [3.63, 3.8) is 0 Å². The zero-order valence-electron chi connectivity index (χ0n) is 11.0. The highest BCUT2D eigenvalue weighted by Crippen LogP contribution is 2.16. The molecule has 1 fully saturated rings. The SMILES string of the molecule is CNC1CCN(CCCn2ccnc2)CC1C. The third kappa shape index (κ3) is 3.54. The van der Waals surface area contributed by atoms with Gasteiger partial charge in [0.05, 0.1) is 6.33 Å². The Morgan fingerprint density at radius 3 is 2.94 bits per heavy atom. The van der Waals surface area contributed by atoms with E-state index in [0.717, 1.165) is 12.5 Å². The Labute approximate surface area is 104 Å². The Morgan fingerprint density at radius 1 is 1.41 bits per heavy atom. The summed E-state index contributed by atoms with van der Waals surface area (Å²) in [5.41, 5.74) is 0. The summed E-state index contributed by atoms with van der Waals surface area (Å²) in [6, 6.07) is 0.708. The fourth-order valence-corrected chi connectivity index (χ4v) is 2.76. The van der Waals surface area contributed by atoms with Crippen LogP contribution in [0.5, 0.6) is 0 Å². The minimum absolute atomic E-state index is 0.708. The molecule has 2 unspecified atom stereocenters. The lowest BCUT2D eigenvalue weighted by molar-refractivity contribution is 0.148. The predicted molar refractivity (Wildman–Crippen MR) is 69.9 cm³/mol. The van der Waals surface area contributed by atoms with Crippen LogP contribution in [0.25, 0.3) is 0 Å². The number of hydrogen-bond donors (Lipinski definition) is 1. The quantitative estimate of drug-likeness (QED) is 0.834. The van der Waals surface area contributed by atoms with Gasteiger partial charge in [0, 0.05) is 31.5 Å². The molecule has 0 saturated carbocycles. The van der Waals surface area contributed by atoms with E-state index in [9.17, 15) is 0 Å². The average molecular weight is 236 g/mol. The molecule has 2 heterocycles. The first-order valence-electron chi connectivity index (χ1n) is 6.65. The van der Waals surface area contributed by atoms with E-state index in [4.69, 9.17) is 0 Å². The topological polar surface area (TPSA) is 33.1 Å². The van der Waals surface area contributed by atoms with Gasteiger partial charge >= 0.3 is 0 Å². The Morgan fingerprint density at radius 2 is 2.29 bits per heavy atom. The monoisotopic (exact) mass is 236 g/mol. The van der Waals surface area contributed by atoms with Crippen molar-refractivity contribution in [1.82, 2.24) is 19.8 Å². The second-order valence-corrected chi connectivity index (χ2v) is 5.12. The highest BCUT2D eigenvalue weighted by Gasteiger charge is 2.23. The van der Waals surface area contributed by atoms with Crippen molar-refractivity contribution >= 4 is 0 Å². The third-order valence-electron chi connectivity index (χ3n) is 3.81. The zero-order chi connectivity index (χ0) is 12.1. The maximum atomic E-state index is 4.06. The highest BCUT2D eigenvalue weighted by molar-refractivity contribution is 4.82. The van der Waals surface area contributed by atoms with Crippen molar-refractivity contribution in [2.45, 2.75) is 32.4 Å². The van der Waals surface area contributed by atoms with Gasteiger partial charge in [-0.1, -0.05) is 6.92 Å². The molecule has 17 heavy (non-hydrogen) atoms. The van der Waals surface area contributed by atoms with E-state index in [1.165, 1.54) is 32.5 Å². The van der Waals surface area contributed by atoms with Crippen molar-refractivity contribution in [2.24, 2.45) is 5.92 Å². The minimum atomic E-state index is 0.708. The zero-order valence-corrected chi connectivity index (χ0v) is 11.0. The average Bonchev–Trinajstić information content (AvgIpc) is 2.82. The normalized spacial score (nSPS) is 26.2. The molecule has 1 aromatic rings. The molecule has 1 aromatic heterocycles. The summed E-state index contributed by atoms with van der Waals surface area (Å²) in [5, 5.41) is 3.41. The molecule has 96 valence electrons. The molecular formula is C13H24N4. The van der Waals surface area contributed by atoms with Gasteiger partial charge in [0.25, 0.3) is 0 Å². The Balaban J connectivity index is 1.67. The van der Waals surface area contributed by atoms with E-state index < -0.39 is 0 Å². The number of hydrogen-bond acceptors (Lipinski definition) is 3. The maximum absolute atomic E-state index is 4.06. The van der Waals surface area contributed by atoms with Gasteiger partial charge in [-0.3, -0.25) is 0 Å². The van der Waals surface area contributed by atoms with Gasteiger partial charge in [0.15, 0.2) is 0 Å². The molecule has 1 aliphatic rings. The fourth-order valence-electron chi connectivity index (χ4n) is 2.76. The van der Waals surface area contributed by atoms with Gasteiger partial charge in [0.1, 0.15) is 0 Å². The first-order chi connectivity index (χ1) is 8.29. The molecule has 1 N–H and O–H groups in total. The van der Waals surface area contributed by atoms with E-state index in [1.807, 2.05) is 18.7 Å². The molecule has 0 amide bonds. The van der Waals surface area contributed by atoms with Crippen LogP contribution in [0.4, 0.5) is 0 Å². The van der Waals surface area contributed by atoms with Crippen LogP contribution in [0, 0.1) is 5.92 Å². The maximum Gasteiger partial charge on any atom is 0.0945 e. The lowest BCUT2D eigenvalue weighted by Gasteiger charge is -2.36. The van der Waals surface area contributed by atoms with Crippen molar-refractivity contribution in [3.8, 4) is 0 Å². The van der Waals surface area contributed by atoms with Gasteiger partial charge in [0.2, 0.25) is 0 Å². The van der Waals surface area contributed by atoms with Crippen molar-refractivity contribution in [3.05, 3.63) is 18.7 Å². The van der Waals surface area contributed by atoms with E-state index in [2.05, 4.69) is 33.7 Å². The van der Waals surface area contributed by atoms with E-state index in [1.54, 1.807) is 0 Å². The summed E-state index contributed by atoms with van der Waals surface area (Å²) < 4.78 is 2.16. The number of imidazole rings is 1. The number of rotatable bonds is 5. The summed E-state index contributed by atoms with van der Waals surface area (Å²) in [4.78, 5) is 6.65. The van der Waals surface area contributed by atoms with E-state index in [0.29, 0.717) is 6.04 Å². The minimum Gasteiger partial charge on any atom is -0.337 e. The Kier molecular flexibility index (Phi) is 4.57. The van der Waals surface area contributed by atoms with Crippen LogP contribution in [0.2, 0.25) is 0 Å². The number of piperidine rings is 1. The van der Waals surface area contributed by atoms with Crippen LogP contribution in [-0.2, 0) is 6.54 Å². The van der Waals surface area contributed by atoms with Gasteiger partial charge in [-0.2, -0.15) is 0 Å².